The van der Waals surface area contributed by atoms with Crippen LogP contribution in [0.3, 0.4) is 0 Å². The Morgan fingerprint density at radius 1 is 1.32 bits per heavy atom. The van der Waals surface area contributed by atoms with Crippen LogP contribution in [0.2, 0.25) is 5.15 Å². The van der Waals surface area contributed by atoms with Gasteiger partial charge in [0.15, 0.2) is 5.15 Å². The molecule has 0 spiro atoms. The monoisotopic (exact) mass is 286 g/mol. The van der Waals surface area contributed by atoms with Crippen molar-refractivity contribution >= 4 is 11.6 Å². The zero-order valence-corrected chi connectivity index (χ0v) is 10.6. The quantitative estimate of drug-likeness (QED) is 0.813. The van der Waals surface area contributed by atoms with Crippen LogP contribution in [0.4, 0.5) is 8.78 Å². The van der Waals surface area contributed by atoms with Crippen molar-refractivity contribution < 1.29 is 13.5 Å². The highest BCUT2D eigenvalue weighted by molar-refractivity contribution is 6.30. The Kier molecular flexibility index (Phi) is 3.80. The van der Waals surface area contributed by atoms with Gasteiger partial charge >= 0.3 is 0 Å². The van der Waals surface area contributed by atoms with Gasteiger partial charge in [-0.1, -0.05) is 11.6 Å². The van der Waals surface area contributed by atoms with Gasteiger partial charge in [0.1, 0.15) is 11.6 Å². The lowest BCUT2D eigenvalue weighted by Gasteiger charge is -2.08. The summed E-state index contributed by atoms with van der Waals surface area (Å²) in [4.78, 5) is 15.7. The van der Waals surface area contributed by atoms with Gasteiger partial charge in [0, 0.05) is 6.07 Å². The van der Waals surface area contributed by atoms with Crippen LogP contribution in [0.5, 0.6) is 5.75 Å². The number of nitrogens with zero attached hydrogens (tertiary/aromatic N) is 2. The van der Waals surface area contributed by atoms with Gasteiger partial charge in [0.25, 0.3) is 5.56 Å². The summed E-state index contributed by atoms with van der Waals surface area (Å²) in [7, 11) is 1.29. The van der Waals surface area contributed by atoms with Crippen molar-refractivity contribution in [2.24, 2.45) is 0 Å². The van der Waals surface area contributed by atoms with Crippen molar-refractivity contribution in [1.29, 1.82) is 0 Å². The predicted molar refractivity (Wildman–Crippen MR) is 65.5 cm³/mol. The third-order valence-corrected chi connectivity index (χ3v) is 2.70. The summed E-state index contributed by atoms with van der Waals surface area (Å²) in [6.07, 6.45) is 1.19. The van der Waals surface area contributed by atoms with Gasteiger partial charge in [-0.15, -0.1) is 0 Å². The van der Waals surface area contributed by atoms with Crippen molar-refractivity contribution in [2.75, 3.05) is 7.11 Å². The van der Waals surface area contributed by atoms with Crippen LogP contribution in [0, 0.1) is 11.6 Å². The Morgan fingerprint density at radius 2 is 1.95 bits per heavy atom. The fourth-order valence-electron chi connectivity index (χ4n) is 1.63. The summed E-state index contributed by atoms with van der Waals surface area (Å²) in [5.41, 5.74) is -0.224. The molecule has 100 valence electrons. The van der Waals surface area contributed by atoms with Gasteiger partial charge < -0.3 is 4.74 Å². The van der Waals surface area contributed by atoms with Gasteiger partial charge in [-0.05, 0) is 17.7 Å². The van der Waals surface area contributed by atoms with E-state index in [9.17, 15) is 13.6 Å². The highest BCUT2D eigenvalue weighted by atomic mass is 35.5. The second-order valence-corrected chi connectivity index (χ2v) is 4.14. The Bertz CT molecular complexity index is 653. The molecule has 4 nitrogen and oxygen atoms in total. The fraction of sp³-hybridized carbons (Fsp3) is 0.167. The Labute approximate surface area is 112 Å². The molecule has 0 atom stereocenters. The summed E-state index contributed by atoms with van der Waals surface area (Å²) in [5, 5.41) is -0.0610. The van der Waals surface area contributed by atoms with Crippen LogP contribution >= 0.6 is 11.6 Å². The van der Waals surface area contributed by atoms with Crippen molar-refractivity contribution in [3.8, 4) is 5.75 Å². The van der Waals surface area contributed by atoms with E-state index in [2.05, 4.69) is 4.98 Å². The van der Waals surface area contributed by atoms with Gasteiger partial charge in [0.2, 0.25) is 5.75 Å². The molecule has 0 N–H and O–H groups in total. The molecular weight excluding hydrogens is 278 g/mol. The topological polar surface area (TPSA) is 44.1 Å². The van der Waals surface area contributed by atoms with E-state index in [1.165, 1.54) is 13.4 Å². The summed E-state index contributed by atoms with van der Waals surface area (Å²) in [6, 6.07) is 3.03. The molecule has 0 unspecified atom stereocenters. The van der Waals surface area contributed by atoms with Crippen LogP contribution < -0.4 is 10.3 Å². The maximum Gasteiger partial charge on any atom is 0.297 e. The molecule has 1 heterocycles. The summed E-state index contributed by atoms with van der Waals surface area (Å²) >= 11 is 5.69. The number of aromatic nitrogens is 2. The van der Waals surface area contributed by atoms with E-state index in [-0.39, 0.29) is 17.4 Å². The SMILES string of the molecule is COc1c(Cl)ncn(Cc2cc(F)cc(F)c2)c1=O. The van der Waals surface area contributed by atoms with E-state index < -0.39 is 17.2 Å². The van der Waals surface area contributed by atoms with E-state index in [0.717, 1.165) is 22.8 Å². The molecule has 0 saturated carbocycles. The zero-order chi connectivity index (χ0) is 14.0. The molecule has 19 heavy (non-hydrogen) atoms. The molecule has 0 aliphatic carbocycles. The average molecular weight is 287 g/mol. The summed E-state index contributed by atoms with van der Waals surface area (Å²) in [6.45, 7) is -0.0337. The largest absolute Gasteiger partial charge is 0.489 e. The lowest BCUT2D eigenvalue weighted by atomic mass is 10.2. The van der Waals surface area contributed by atoms with E-state index in [1.807, 2.05) is 0 Å². The first-order valence-corrected chi connectivity index (χ1v) is 5.63. The molecule has 1 aromatic heterocycles. The third kappa shape index (κ3) is 2.90. The van der Waals surface area contributed by atoms with Crippen LogP contribution in [0.15, 0.2) is 29.3 Å². The lowest BCUT2D eigenvalue weighted by Crippen LogP contribution is -2.22. The van der Waals surface area contributed by atoms with E-state index in [4.69, 9.17) is 16.3 Å². The Hall–Kier alpha value is -1.95. The number of benzene rings is 1. The number of halogens is 3. The maximum atomic E-state index is 13.1. The smallest absolute Gasteiger partial charge is 0.297 e. The first-order chi connectivity index (χ1) is 9.01. The number of methoxy groups -OCH3 is 1. The minimum atomic E-state index is -0.711. The number of rotatable bonds is 3. The molecule has 0 aliphatic rings. The van der Waals surface area contributed by atoms with Crippen LogP contribution in [-0.2, 0) is 6.54 Å². The van der Waals surface area contributed by atoms with Crippen LogP contribution in [0.1, 0.15) is 5.56 Å². The minimum absolute atomic E-state index is 0.0337. The third-order valence-electron chi connectivity index (χ3n) is 2.43. The van der Waals surface area contributed by atoms with Crippen molar-refractivity contribution in [3.63, 3.8) is 0 Å². The number of hydrogen-bond donors (Lipinski definition) is 0. The van der Waals surface area contributed by atoms with Gasteiger partial charge in [-0.2, -0.15) is 0 Å². The molecule has 2 aromatic rings. The fourth-order valence-corrected chi connectivity index (χ4v) is 1.83. The normalized spacial score (nSPS) is 10.5. The first kappa shape index (κ1) is 13.5. The van der Waals surface area contributed by atoms with Gasteiger partial charge in [0.05, 0.1) is 20.0 Å². The molecule has 0 amide bonds. The molecular formula is C12H9ClF2N2O2. The van der Waals surface area contributed by atoms with E-state index in [1.54, 1.807) is 0 Å². The van der Waals surface area contributed by atoms with Gasteiger partial charge in [-0.3, -0.25) is 9.36 Å². The zero-order valence-electron chi connectivity index (χ0n) is 9.86. The molecule has 1 aromatic carbocycles. The number of hydrogen-bond acceptors (Lipinski definition) is 3. The second kappa shape index (κ2) is 5.36. The van der Waals surface area contributed by atoms with Crippen LogP contribution in [0.25, 0.3) is 0 Å². The molecule has 0 radical (unpaired) electrons. The standard InChI is InChI=1S/C12H9ClF2N2O2/c1-19-10-11(13)16-6-17(12(10)18)5-7-2-8(14)4-9(15)3-7/h2-4,6H,5H2,1H3. The summed E-state index contributed by atoms with van der Waals surface area (Å²) < 4.78 is 32.1. The minimum Gasteiger partial charge on any atom is -0.489 e. The highest BCUT2D eigenvalue weighted by Gasteiger charge is 2.11. The Balaban J connectivity index is 2.41. The van der Waals surface area contributed by atoms with E-state index >= 15 is 0 Å². The van der Waals surface area contributed by atoms with Gasteiger partial charge in [-0.25, -0.2) is 13.8 Å². The molecule has 0 aliphatic heterocycles. The van der Waals surface area contributed by atoms with Crippen molar-refractivity contribution in [1.82, 2.24) is 9.55 Å². The van der Waals surface area contributed by atoms with E-state index in [0.29, 0.717) is 5.56 Å². The number of ether oxygens (including phenoxy) is 1. The summed E-state index contributed by atoms with van der Waals surface area (Å²) in [5.74, 6) is -1.53. The Morgan fingerprint density at radius 3 is 2.53 bits per heavy atom. The highest BCUT2D eigenvalue weighted by Crippen LogP contribution is 2.15. The average Bonchev–Trinajstić information content (AvgIpc) is 2.32. The first-order valence-electron chi connectivity index (χ1n) is 5.25. The van der Waals surface area contributed by atoms with Crippen molar-refractivity contribution in [2.45, 2.75) is 6.54 Å². The predicted octanol–water partition coefficient (Wildman–Crippen LogP) is 2.23. The molecule has 7 heteroatoms. The molecule has 0 fully saturated rings. The maximum absolute atomic E-state index is 13.1. The second-order valence-electron chi connectivity index (χ2n) is 3.78. The molecule has 0 bridgehead atoms. The van der Waals surface area contributed by atoms with Crippen LogP contribution in [-0.4, -0.2) is 16.7 Å². The molecule has 0 saturated heterocycles. The lowest BCUT2D eigenvalue weighted by molar-refractivity contribution is 0.400. The molecule has 2 rings (SSSR count). The van der Waals surface area contributed by atoms with Crippen molar-refractivity contribution in [3.05, 3.63) is 57.2 Å².